The van der Waals surface area contributed by atoms with E-state index in [2.05, 4.69) is 30.2 Å². The van der Waals surface area contributed by atoms with Crippen LogP contribution in [0.5, 0.6) is 6.01 Å². The topological polar surface area (TPSA) is 85.7 Å². The molecule has 7 nitrogen and oxygen atoms in total. The Labute approximate surface area is 115 Å². The second kappa shape index (κ2) is 6.28. The predicted octanol–water partition coefficient (Wildman–Crippen LogP) is 1.56. The van der Waals surface area contributed by atoms with E-state index in [-0.39, 0.29) is 6.01 Å². The van der Waals surface area contributed by atoms with Gasteiger partial charge in [-0.05, 0) is 31.7 Å². The van der Waals surface area contributed by atoms with Crippen LogP contribution in [0.4, 0.5) is 5.95 Å². The van der Waals surface area contributed by atoms with Crippen molar-refractivity contribution in [2.75, 3.05) is 19.0 Å². The molecule has 0 saturated carbocycles. The summed E-state index contributed by atoms with van der Waals surface area (Å²) in [7, 11) is 1.74. The Morgan fingerprint density at radius 3 is 2.74 bits per heavy atom. The normalized spacial score (nSPS) is 10.3. The summed E-state index contributed by atoms with van der Waals surface area (Å²) < 4.78 is 5.29. The highest BCUT2D eigenvalue weighted by atomic mass is 32.2. The highest BCUT2D eigenvalue weighted by Gasteiger charge is 2.09. The molecule has 0 atom stereocenters. The number of anilines is 1. The number of hydrogen-bond donors (Lipinski definition) is 1. The molecule has 0 aliphatic heterocycles. The van der Waals surface area contributed by atoms with Crippen molar-refractivity contribution in [2.45, 2.75) is 24.2 Å². The number of hydrogen-bond acceptors (Lipinski definition) is 8. The Balaban J connectivity index is 2.26. The van der Waals surface area contributed by atoms with Crippen molar-refractivity contribution >= 4 is 17.7 Å². The minimum absolute atomic E-state index is 0.289. The second-order valence-electron chi connectivity index (χ2n) is 3.49. The fraction of sp³-hybridized carbons (Fsp3) is 0.364. The van der Waals surface area contributed by atoms with Gasteiger partial charge in [-0.2, -0.15) is 15.0 Å². The summed E-state index contributed by atoms with van der Waals surface area (Å²) >= 11 is 1.27. The first-order chi connectivity index (χ1) is 9.21. The molecule has 2 rings (SSSR count). The number of nitrogens with zero attached hydrogens (tertiary/aromatic N) is 5. The van der Waals surface area contributed by atoms with Gasteiger partial charge in [-0.3, -0.25) is 0 Å². The van der Waals surface area contributed by atoms with E-state index in [9.17, 15) is 0 Å². The molecule has 0 saturated heterocycles. The van der Waals surface area contributed by atoms with Gasteiger partial charge in [0.15, 0.2) is 5.16 Å². The van der Waals surface area contributed by atoms with E-state index >= 15 is 0 Å². The van der Waals surface area contributed by atoms with E-state index in [1.807, 2.05) is 19.9 Å². The molecule has 0 aromatic carbocycles. The molecule has 0 spiro atoms. The number of aryl methyl sites for hydroxylation is 1. The van der Waals surface area contributed by atoms with Crippen molar-refractivity contribution in [2.24, 2.45) is 0 Å². The molecule has 0 fully saturated rings. The van der Waals surface area contributed by atoms with Gasteiger partial charge in [0.1, 0.15) is 0 Å². The van der Waals surface area contributed by atoms with E-state index in [1.54, 1.807) is 13.2 Å². The van der Waals surface area contributed by atoms with Crippen LogP contribution < -0.4 is 10.1 Å². The van der Waals surface area contributed by atoms with Gasteiger partial charge in [0.05, 0.1) is 6.61 Å². The van der Waals surface area contributed by atoms with Crippen LogP contribution in [0.2, 0.25) is 0 Å². The Morgan fingerprint density at radius 2 is 2.05 bits per heavy atom. The minimum Gasteiger partial charge on any atom is -0.464 e. The largest absolute Gasteiger partial charge is 0.464 e. The lowest BCUT2D eigenvalue weighted by atomic mass is 10.5. The summed E-state index contributed by atoms with van der Waals surface area (Å²) in [5.74, 6) is 0.452. The van der Waals surface area contributed by atoms with Crippen molar-refractivity contribution in [3.8, 4) is 6.01 Å². The average Bonchev–Trinajstić information content (AvgIpc) is 2.39. The Kier molecular flexibility index (Phi) is 4.45. The molecule has 2 aromatic heterocycles. The third-order valence-corrected chi connectivity index (χ3v) is 2.79. The van der Waals surface area contributed by atoms with Gasteiger partial charge in [-0.15, -0.1) is 0 Å². The van der Waals surface area contributed by atoms with Gasteiger partial charge < -0.3 is 10.1 Å². The van der Waals surface area contributed by atoms with Crippen molar-refractivity contribution < 1.29 is 4.74 Å². The fourth-order valence-corrected chi connectivity index (χ4v) is 1.97. The van der Waals surface area contributed by atoms with Crippen molar-refractivity contribution in [1.29, 1.82) is 0 Å². The van der Waals surface area contributed by atoms with Crippen molar-refractivity contribution in [3.05, 3.63) is 18.0 Å². The van der Waals surface area contributed by atoms with Crippen molar-refractivity contribution in [3.63, 3.8) is 0 Å². The second-order valence-corrected chi connectivity index (χ2v) is 4.42. The van der Waals surface area contributed by atoms with Gasteiger partial charge in [0.25, 0.3) is 0 Å². The van der Waals surface area contributed by atoms with Crippen molar-refractivity contribution in [1.82, 2.24) is 24.9 Å². The first-order valence-electron chi connectivity index (χ1n) is 5.75. The zero-order valence-electron chi connectivity index (χ0n) is 10.9. The first-order valence-corrected chi connectivity index (χ1v) is 6.57. The number of nitrogens with one attached hydrogen (secondary N) is 1. The summed E-state index contributed by atoms with van der Waals surface area (Å²) in [5, 5.41) is 3.95. The standard InChI is InChI=1S/C11H14N6OS/c1-4-18-9-15-8(12-3)16-11(17-9)19-10-13-6-5-7(2)14-10/h5-6H,4H2,1-3H3,(H,12,15,16,17). The molecular weight excluding hydrogens is 264 g/mol. The fourth-order valence-electron chi connectivity index (χ4n) is 1.25. The summed E-state index contributed by atoms with van der Waals surface area (Å²) in [6.45, 7) is 4.28. The summed E-state index contributed by atoms with van der Waals surface area (Å²) in [6, 6.07) is 2.12. The third-order valence-electron chi connectivity index (χ3n) is 2.05. The van der Waals surface area contributed by atoms with E-state index in [4.69, 9.17) is 4.74 Å². The lowest BCUT2D eigenvalue weighted by molar-refractivity contribution is 0.308. The molecule has 8 heteroatoms. The molecule has 2 aromatic rings. The van der Waals surface area contributed by atoms with Crippen LogP contribution in [0.25, 0.3) is 0 Å². The van der Waals surface area contributed by atoms with E-state index in [1.165, 1.54) is 11.8 Å². The summed E-state index contributed by atoms with van der Waals surface area (Å²) in [5.41, 5.74) is 0.894. The first kappa shape index (κ1) is 13.5. The lowest BCUT2D eigenvalue weighted by Crippen LogP contribution is -2.05. The third kappa shape index (κ3) is 3.75. The maximum Gasteiger partial charge on any atom is 0.322 e. The number of ether oxygens (including phenoxy) is 1. The zero-order chi connectivity index (χ0) is 13.7. The highest BCUT2D eigenvalue weighted by molar-refractivity contribution is 7.99. The molecule has 1 N–H and O–H groups in total. The smallest absolute Gasteiger partial charge is 0.322 e. The molecule has 0 bridgehead atoms. The number of aromatic nitrogens is 5. The Morgan fingerprint density at radius 1 is 1.21 bits per heavy atom. The maximum atomic E-state index is 5.29. The van der Waals surface area contributed by atoms with E-state index in [0.29, 0.717) is 22.9 Å². The Bertz CT molecular complexity index is 565. The molecule has 100 valence electrons. The van der Waals surface area contributed by atoms with Gasteiger partial charge >= 0.3 is 6.01 Å². The molecule has 0 aliphatic carbocycles. The highest BCUT2D eigenvalue weighted by Crippen LogP contribution is 2.23. The quantitative estimate of drug-likeness (QED) is 0.825. The van der Waals surface area contributed by atoms with Crippen LogP contribution in [-0.4, -0.2) is 38.6 Å². The average molecular weight is 278 g/mol. The van der Waals surface area contributed by atoms with Crippen LogP contribution >= 0.6 is 11.8 Å². The van der Waals surface area contributed by atoms with Gasteiger partial charge in [0, 0.05) is 18.9 Å². The van der Waals surface area contributed by atoms with Crippen LogP contribution in [0.3, 0.4) is 0 Å². The molecular formula is C11H14N6OS. The van der Waals surface area contributed by atoms with Crippen LogP contribution in [0.15, 0.2) is 22.6 Å². The lowest BCUT2D eigenvalue weighted by Gasteiger charge is -2.05. The van der Waals surface area contributed by atoms with Crippen LogP contribution in [0.1, 0.15) is 12.6 Å². The molecule has 0 unspecified atom stereocenters. The van der Waals surface area contributed by atoms with Gasteiger partial charge in [-0.1, -0.05) is 0 Å². The van der Waals surface area contributed by atoms with E-state index in [0.717, 1.165) is 5.69 Å². The minimum atomic E-state index is 0.289. The van der Waals surface area contributed by atoms with Gasteiger partial charge in [-0.25, -0.2) is 9.97 Å². The number of rotatable bonds is 5. The zero-order valence-corrected chi connectivity index (χ0v) is 11.7. The molecule has 19 heavy (non-hydrogen) atoms. The summed E-state index contributed by atoms with van der Waals surface area (Å²) in [6.07, 6.45) is 1.70. The van der Waals surface area contributed by atoms with Crippen LogP contribution in [-0.2, 0) is 0 Å². The monoisotopic (exact) mass is 278 g/mol. The van der Waals surface area contributed by atoms with Gasteiger partial charge in [0.2, 0.25) is 11.1 Å². The molecule has 0 amide bonds. The maximum absolute atomic E-state index is 5.29. The summed E-state index contributed by atoms with van der Waals surface area (Å²) in [4.78, 5) is 21.0. The molecule has 0 radical (unpaired) electrons. The molecule has 2 heterocycles. The predicted molar refractivity (Wildman–Crippen MR) is 71.4 cm³/mol. The SMILES string of the molecule is CCOc1nc(NC)nc(Sc2nccc(C)n2)n1. The molecule has 0 aliphatic rings. The van der Waals surface area contributed by atoms with E-state index < -0.39 is 0 Å². The van der Waals surface area contributed by atoms with Crippen LogP contribution in [0, 0.1) is 6.92 Å². The Hall–Kier alpha value is -1.96.